The van der Waals surface area contributed by atoms with E-state index in [9.17, 15) is 4.57 Å². The Bertz CT molecular complexity index is 339. The van der Waals surface area contributed by atoms with Crippen molar-refractivity contribution in [1.29, 1.82) is 0 Å². The van der Waals surface area contributed by atoms with E-state index in [0.29, 0.717) is 11.8 Å². The first-order valence-corrected chi connectivity index (χ1v) is 9.81. The third kappa shape index (κ3) is 1.66. The second-order valence-electron chi connectivity index (χ2n) is 5.80. The molecule has 5 heteroatoms. The molecule has 0 N–H and O–H groups in total. The van der Waals surface area contributed by atoms with Crippen molar-refractivity contribution in [2.75, 3.05) is 0 Å². The molecule has 4 aliphatic carbocycles. The molecule has 86 valence electrons. The van der Waals surface area contributed by atoms with Gasteiger partial charge in [-0.25, -0.2) is 0 Å². The normalized spacial score (nSPS) is 53.5. The zero-order valence-electron chi connectivity index (χ0n) is 8.39. The van der Waals surface area contributed by atoms with Crippen molar-refractivity contribution in [1.82, 2.24) is 0 Å². The van der Waals surface area contributed by atoms with Crippen molar-refractivity contribution in [2.45, 2.75) is 48.0 Å². The van der Waals surface area contributed by atoms with Crippen LogP contribution in [0, 0.1) is 11.8 Å². The molecule has 4 bridgehead atoms. The first-order valence-electron chi connectivity index (χ1n) is 5.50. The molecule has 0 aromatic carbocycles. The zero-order valence-corrected chi connectivity index (χ0v) is 12.4. The molecule has 0 spiro atoms. The highest BCUT2D eigenvalue weighted by molar-refractivity contribution is 9.10. The average Bonchev–Trinajstić information content (AvgIpc) is 1.95. The third-order valence-corrected chi connectivity index (χ3v) is 9.22. The van der Waals surface area contributed by atoms with E-state index < -0.39 is 5.85 Å². The van der Waals surface area contributed by atoms with E-state index >= 15 is 0 Å². The van der Waals surface area contributed by atoms with E-state index in [1.165, 1.54) is 19.3 Å². The van der Waals surface area contributed by atoms with E-state index in [1.807, 2.05) is 0 Å². The van der Waals surface area contributed by atoms with Gasteiger partial charge in [-0.1, -0.05) is 15.9 Å². The summed E-state index contributed by atoms with van der Waals surface area (Å²) in [5.41, 5.74) is 0. The molecule has 0 aliphatic heterocycles. The summed E-state index contributed by atoms with van der Waals surface area (Å²) in [5.74, 6) is -1.61. The molecule has 0 aromatic heterocycles. The van der Waals surface area contributed by atoms with Gasteiger partial charge in [-0.2, -0.15) is 0 Å². The lowest BCUT2D eigenvalue weighted by molar-refractivity contribution is 0.0568. The van der Waals surface area contributed by atoms with Crippen LogP contribution in [0.5, 0.6) is 0 Å². The van der Waals surface area contributed by atoms with Crippen molar-refractivity contribution in [2.24, 2.45) is 11.8 Å². The summed E-state index contributed by atoms with van der Waals surface area (Å²) in [7, 11) is 0. The molecule has 0 amide bonds. The molecule has 4 saturated carbocycles. The smallest absolute Gasteiger partial charge is 0.259 e. The summed E-state index contributed by atoms with van der Waals surface area (Å²) >= 11 is 15.9. The Kier molecular flexibility index (Phi) is 2.42. The average molecular weight is 332 g/mol. The van der Waals surface area contributed by atoms with Gasteiger partial charge in [-0.05, 0) is 72.8 Å². The molecular weight excluding hydrogens is 318 g/mol. The highest BCUT2D eigenvalue weighted by Crippen LogP contribution is 2.79. The molecule has 0 radical (unpaired) electrons. The van der Waals surface area contributed by atoms with Crippen molar-refractivity contribution < 1.29 is 4.57 Å². The van der Waals surface area contributed by atoms with E-state index in [1.54, 1.807) is 0 Å². The maximum absolute atomic E-state index is 12.1. The van der Waals surface area contributed by atoms with Crippen LogP contribution in [-0.4, -0.2) is 9.48 Å². The lowest BCUT2D eigenvalue weighted by atomic mass is 9.56. The van der Waals surface area contributed by atoms with Crippen LogP contribution in [0.4, 0.5) is 0 Å². The fourth-order valence-corrected chi connectivity index (χ4v) is 8.69. The lowest BCUT2D eigenvalue weighted by Gasteiger charge is -2.60. The van der Waals surface area contributed by atoms with Crippen molar-refractivity contribution in [3.05, 3.63) is 0 Å². The first-order chi connectivity index (χ1) is 6.82. The maximum Gasteiger partial charge on any atom is 0.259 e. The maximum atomic E-state index is 12.1. The van der Waals surface area contributed by atoms with Crippen LogP contribution >= 0.6 is 44.3 Å². The standard InChI is InChI=1S/C10H14BrCl2OP/c11-9-2-7-1-8(3-9)5-10(4-7,6-9)15(12,13)14/h7-8H,1-6H2. The number of halogens is 3. The molecule has 4 fully saturated rings. The molecule has 4 rings (SSSR count). The monoisotopic (exact) mass is 330 g/mol. The molecule has 2 atom stereocenters. The van der Waals surface area contributed by atoms with Gasteiger partial charge in [0.2, 0.25) is 0 Å². The summed E-state index contributed by atoms with van der Waals surface area (Å²) in [6, 6.07) is 0. The Balaban J connectivity index is 2.03. The van der Waals surface area contributed by atoms with E-state index in [0.717, 1.165) is 19.3 Å². The topological polar surface area (TPSA) is 17.1 Å². The van der Waals surface area contributed by atoms with Crippen LogP contribution in [0.2, 0.25) is 0 Å². The number of hydrogen-bond donors (Lipinski definition) is 0. The molecule has 2 unspecified atom stereocenters. The van der Waals surface area contributed by atoms with Gasteiger partial charge in [-0.3, -0.25) is 4.57 Å². The number of rotatable bonds is 1. The van der Waals surface area contributed by atoms with E-state index in [4.69, 9.17) is 22.5 Å². The number of hydrogen-bond acceptors (Lipinski definition) is 1. The minimum Gasteiger partial charge on any atom is -0.289 e. The predicted octanol–water partition coefficient (Wildman–Crippen LogP) is 5.14. The molecule has 4 aliphatic rings. The number of alkyl halides is 1. The van der Waals surface area contributed by atoms with Gasteiger partial charge in [0.25, 0.3) is 5.85 Å². The van der Waals surface area contributed by atoms with Gasteiger partial charge in [0.15, 0.2) is 0 Å². The fraction of sp³-hybridized carbons (Fsp3) is 1.00. The zero-order chi connectivity index (χ0) is 10.9. The summed E-state index contributed by atoms with van der Waals surface area (Å²) in [4.78, 5) is 0. The second-order valence-corrected chi connectivity index (χ2v) is 12.7. The first kappa shape index (κ1) is 11.4. The Morgan fingerprint density at radius 1 is 1.13 bits per heavy atom. The third-order valence-electron chi connectivity index (χ3n) is 4.51. The molecular formula is C10H14BrCl2OP. The van der Waals surface area contributed by atoms with Gasteiger partial charge in [0.1, 0.15) is 0 Å². The van der Waals surface area contributed by atoms with Crippen LogP contribution < -0.4 is 0 Å². The highest BCUT2D eigenvalue weighted by atomic mass is 79.9. The van der Waals surface area contributed by atoms with Crippen molar-refractivity contribution in [3.63, 3.8) is 0 Å². The van der Waals surface area contributed by atoms with Crippen LogP contribution in [-0.2, 0) is 4.57 Å². The Hall–Kier alpha value is 1.29. The van der Waals surface area contributed by atoms with Crippen LogP contribution in [0.3, 0.4) is 0 Å². The Morgan fingerprint density at radius 3 is 2.07 bits per heavy atom. The molecule has 0 saturated heterocycles. The van der Waals surface area contributed by atoms with Gasteiger partial charge in [0, 0.05) is 4.32 Å². The second kappa shape index (κ2) is 3.19. The largest absolute Gasteiger partial charge is 0.289 e. The van der Waals surface area contributed by atoms with Gasteiger partial charge in [0.05, 0.1) is 5.16 Å². The van der Waals surface area contributed by atoms with Crippen molar-refractivity contribution in [3.8, 4) is 0 Å². The highest BCUT2D eigenvalue weighted by Gasteiger charge is 2.62. The SMILES string of the molecule is O=P(Cl)(Cl)C12CC3CC(CC(Br)(C3)C1)C2. The lowest BCUT2D eigenvalue weighted by Crippen LogP contribution is -2.55. The van der Waals surface area contributed by atoms with Crippen molar-refractivity contribution >= 4 is 44.3 Å². The molecule has 0 heterocycles. The summed E-state index contributed by atoms with van der Waals surface area (Å²) in [5, 5.41) is -0.260. The summed E-state index contributed by atoms with van der Waals surface area (Å²) in [6.07, 6.45) is 6.63. The molecule has 15 heavy (non-hydrogen) atoms. The summed E-state index contributed by atoms with van der Waals surface area (Å²) in [6.45, 7) is 0. The minimum absolute atomic E-state index is 0.191. The van der Waals surface area contributed by atoms with E-state index in [2.05, 4.69) is 15.9 Å². The Morgan fingerprint density at radius 2 is 1.67 bits per heavy atom. The quantitative estimate of drug-likeness (QED) is 0.480. The van der Waals surface area contributed by atoms with Gasteiger partial charge < -0.3 is 0 Å². The Labute approximate surface area is 108 Å². The molecule has 0 aromatic rings. The van der Waals surface area contributed by atoms with Crippen LogP contribution in [0.1, 0.15) is 38.5 Å². The summed E-state index contributed by atoms with van der Waals surface area (Å²) < 4.78 is 12.3. The van der Waals surface area contributed by atoms with Gasteiger partial charge in [-0.15, -0.1) is 0 Å². The minimum atomic E-state index is -2.99. The van der Waals surface area contributed by atoms with Gasteiger partial charge >= 0.3 is 0 Å². The van der Waals surface area contributed by atoms with Crippen LogP contribution in [0.15, 0.2) is 0 Å². The fourth-order valence-electron chi connectivity index (χ4n) is 4.41. The van der Waals surface area contributed by atoms with Crippen LogP contribution in [0.25, 0.3) is 0 Å². The van der Waals surface area contributed by atoms with E-state index in [-0.39, 0.29) is 9.48 Å². The molecule has 1 nitrogen and oxygen atoms in total. The predicted molar refractivity (Wildman–Crippen MR) is 68.4 cm³/mol.